The third kappa shape index (κ3) is 4.82. The van der Waals surface area contributed by atoms with E-state index in [1.807, 2.05) is 42.5 Å². The number of rotatable bonds is 6. The van der Waals surface area contributed by atoms with Crippen molar-refractivity contribution in [2.75, 3.05) is 19.7 Å². The molecule has 4 nitrogen and oxygen atoms in total. The van der Waals surface area contributed by atoms with Gasteiger partial charge in [0.2, 0.25) is 0 Å². The zero-order valence-corrected chi connectivity index (χ0v) is 10.4. The Bertz CT molecular complexity index is 401. The Kier molecular flexibility index (Phi) is 6.25. The molecule has 4 heteroatoms. The summed E-state index contributed by atoms with van der Waals surface area (Å²) in [7, 11) is 0. The van der Waals surface area contributed by atoms with E-state index in [2.05, 4.69) is 0 Å². The summed E-state index contributed by atoms with van der Waals surface area (Å²) in [6.07, 6.45) is 3.95. The van der Waals surface area contributed by atoms with Gasteiger partial charge in [0.05, 0.1) is 13.2 Å². The van der Waals surface area contributed by atoms with Gasteiger partial charge in [-0.3, -0.25) is 4.90 Å². The number of amides is 1. The first kappa shape index (κ1) is 14.0. The predicted octanol–water partition coefficient (Wildman–Crippen LogP) is 2.36. The van der Waals surface area contributed by atoms with Crippen LogP contribution in [0.5, 0.6) is 0 Å². The molecule has 0 aliphatic carbocycles. The number of hydrogen-bond donors (Lipinski definition) is 0. The van der Waals surface area contributed by atoms with Gasteiger partial charge < -0.3 is 9.53 Å². The second-order valence-corrected chi connectivity index (χ2v) is 3.58. The lowest BCUT2D eigenvalue weighted by atomic mass is 10.2. The van der Waals surface area contributed by atoms with Crippen molar-refractivity contribution in [2.45, 2.75) is 6.92 Å². The SMILES string of the molecule is CCOC(=O)N(CC=O)C/C=C/c1ccccc1. The van der Waals surface area contributed by atoms with Crippen LogP contribution in [0.4, 0.5) is 4.79 Å². The van der Waals surface area contributed by atoms with E-state index in [0.29, 0.717) is 19.4 Å². The summed E-state index contributed by atoms with van der Waals surface area (Å²) in [5.74, 6) is 0. The van der Waals surface area contributed by atoms with Gasteiger partial charge in [-0.2, -0.15) is 0 Å². The zero-order chi connectivity index (χ0) is 13.2. The Morgan fingerprint density at radius 3 is 2.61 bits per heavy atom. The van der Waals surface area contributed by atoms with E-state index >= 15 is 0 Å². The minimum absolute atomic E-state index is 0.0396. The highest BCUT2D eigenvalue weighted by molar-refractivity contribution is 5.71. The summed E-state index contributed by atoms with van der Waals surface area (Å²) >= 11 is 0. The maximum atomic E-state index is 11.5. The molecule has 18 heavy (non-hydrogen) atoms. The first-order chi connectivity index (χ1) is 8.77. The van der Waals surface area contributed by atoms with Gasteiger partial charge in [-0.15, -0.1) is 0 Å². The number of carbonyl (C=O) groups excluding carboxylic acids is 2. The highest BCUT2D eigenvalue weighted by Gasteiger charge is 2.11. The van der Waals surface area contributed by atoms with Crippen molar-refractivity contribution in [1.82, 2.24) is 4.90 Å². The van der Waals surface area contributed by atoms with Gasteiger partial charge in [-0.05, 0) is 12.5 Å². The highest BCUT2D eigenvalue weighted by atomic mass is 16.6. The molecule has 1 aromatic rings. The quantitative estimate of drug-likeness (QED) is 0.725. The number of nitrogens with zero attached hydrogens (tertiary/aromatic N) is 1. The lowest BCUT2D eigenvalue weighted by molar-refractivity contribution is -0.108. The van der Waals surface area contributed by atoms with Gasteiger partial charge in [0.1, 0.15) is 6.29 Å². The van der Waals surface area contributed by atoms with Crippen LogP contribution in [0, 0.1) is 0 Å². The van der Waals surface area contributed by atoms with Crippen LogP contribution in [0.15, 0.2) is 36.4 Å². The lowest BCUT2D eigenvalue weighted by Crippen LogP contribution is -2.33. The highest BCUT2D eigenvalue weighted by Crippen LogP contribution is 2.02. The van der Waals surface area contributed by atoms with Crippen molar-refractivity contribution in [3.63, 3.8) is 0 Å². The zero-order valence-electron chi connectivity index (χ0n) is 10.4. The smallest absolute Gasteiger partial charge is 0.410 e. The van der Waals surface area contributed by atoms with Crippen LogP contribution in [0.2, 0.25) is 0 Å². The molecule has 0 saturated heterocycles. The van der Waals surface area contributed by atoms with Crippen molar-refractivity contribution in [2.24, 2.45) is 0 Å². The first-order valence-corrected chi connectivity index (χ1v) is 5.84. The molecular formula is C14H17NO3. The van der Waals surface area contributed by atoms with E-state index in [-0.39, 0.29) is 6.54 Å². The van der Waals surface area contributed by atoms with Crippen molar-refractivity contribution in [3.8, 4) is 0 Å². The van der Waals surface area contributed by atoms with Gasteiger partial charge in [0.15, 0.2) is 0 Å². The summed E-state index contributed by atoms with van der Waals surface area (Å²) in [5.41, 5.74) is 1.05. The lowest BCUT2D eigenvalue weighted by Gasteiger charge is -2.17. The van der Waals surface area contributed by atoms with Gasteiger partial charge in [-0.25, -0.2) is 4.79 Å². The van der Waals surface area contributed by atoms with E-state index in [4.69, 9.17) is 4.74 Å². The second kappa shape index (κ2) is 8.06. The summed E-state index contributed by atoms with van der Waals surface area (Å²) in [6, 6.07) is 9.74. The molecule has 0 heterocycles. The fourth-order valence-corrected chi connectivity index (χ4v) is 1.41. The van der Waals surface area contributed by atoms with Crippen molar-refractivity contribution < 1.29 is 14.3 Å². The van der Waals surface area contributed by atoms with Crippen LogP contribution < -0.4 is 0 Å². The Balaban J connectivity index is 2.54. The molecule has 0 fully saturated rings. The first-order valence-electron chi connectivity index (χ1n) is 5.84. The molecule has 0 spiro atoms. The van der Waals surface area contributed by atoms with Gasteiger partial charge >= 0.3 is 6.09 Å². The summed E-state index contributed by atoms with van der Waals surface area (Å²) in [5, 5.41) is 0. The molecule has 0 saturated carbocycles. The van der Waals surface area contributed by atoms with E-state index in [0.717, 1.165) is 5.56 Å². The molecule has 96 valence electrons. The molecule has 0 aliphatic rings. The molecule has 0 radical (unpaired) electrons. The Morgan fingerprint density at radius 2 is 2.00 bits per heavy atom. The molecule has 0 aromatic heterocycles. The molecule has 0 N–H and O–H groups in total. The molecule has 0 atom stereocenters. The van der Waals surface area contributed by atoms with Gasteiger partial charge in [0, 0.05) is 6.54 Å². The number of benzene rings is 1. The van der Waals surface area contributed by atoms with Crippen LogP contribution in [0.1, 0.15) is 12.5 Å². The van der Waals surface area contributed by atoms with Crippen LogP contribution >= 0.6 is 0 Å². The van der Waals surface area contributed by atoms with Crippen molar-refractivity contribution in [1.29, 1.82) is 0 Å². The molecule has 0 bridgehead atoms. The fourth-order valence-electron chi connectivity index (χ4n) is 1.41. The van der Waals surface area contributed by atoms with Gasteiger partial charge in [0.25, 0.3) is 0 Å². The monoisotopic (exact) mass is 247 g/mol. The third-order valence-electron chi connectivity index (χ3n) is 2.26. The number of ether oxygens (including phenoxy) is 1. The topological polar surface area (TPSA) is 46.6 Å². The van der Waals surface area contributed by atoms with Crippen molar-refractivity contribution >= 4 is 18.5 Å². The van der Waals surface area contributed by atoms with E-state index in [9.17, 15) is 9.59 Å². The van der Waals surface area contributed by atoms with Crippen LogP contribution in [0.25, 0.3) is 6.08 Å². The van der Waals surface area contributed by atoms with E-state index in [1.54, 1.807) is 6.92 Å². The third-order valence-corrected chi connectivity index (χ3v) is 2.26. The molecule has 1 rings (SSSR count). The minimum atomic E-state index is -0.470. The molecule has 1 aromatic carbocycles. The number of carbonyl (C=O) groups is 2. The minimum Gasteiger partial charge on any atom is -0.450 e. The van der Waals surface area contributed by atoms with Crippen LogP contribution in [-0.2, 0) is 9.53 Å². The standard InChI is InChI=1S/C14H17NO3/c1-2-18-14(17)15(11-12-16)10-6-9-13-7-4-3-5-8-13/h3-9,12H,2,10-11H2,1H3/b9-6+. The van der Waals surface area contributed by atoms with E-state index in [1.165, 1.54) is 4.90 Å². The molecular weight excluding hydrogens is 230 g/mol. The summed E-state index contributed by atoms with van der Waals surface area (Å²) < 4.78 is 4.85. The maximum Gasteiger partial charge on any atom is 0.410 e. The van der Waals surface area contributed by atoms with E-state index < -0.39 is 6.09 Å². The fraction of sp³-hybridized carbons (Fsp3) is 0.286. The molecule has 1 amide bonds. The van der Waals surface area contributed by atoms with Crippen molar-refractivity contribution in [3.05, 3.63) is 42.0 Å². The normalized spacial score (nSPS) is 10.3. The summed E-state index contributed by atoms with van der Waals surface area (Å²) in [6.45, 7) is 2.43. The average Bonchev–Trinajstić information content (AvgIpc) is 2.39. The Morgan fingerprint density at radius 1 is 1.28 bits per heavy atom. The second-order valence-electron chi connectivity index (χ2n) is 3.58. The molecule has 0 unspecified atom stereocenters. The number of aldehydes is 1. The largest absolute Gasteiger partial charge is 0.450 e. The average molecular weight is 247 g/mol. The number of hydrogen-bond acceptors (Lipinski definition) is 3. The molecule has 0 aliphatic heterocycles. The Labute approximate surface area is 107 Å². The van der Waals surface area contributed by atoms with Crippen LogP contribution in [-0.4, -0.2) is 37.0 Å². The predicted molar refractivity (Wildman–Crippen MR) is 70.1 cm³/mol. The van der Waals surface area contributed by atoms with Crippen LogP contribution in [0.3, 0.4) is 0 Å². The Hall–Kier alpha value is -2.10. The maximum absolute atomic E-state index is 11.5. The summed E-state index contributed by atoms with van der Waals surface area (Å²) in [4.78, 5) is 23.3. The van der Waals surface area contributed by atoms with Gasteiger partial charge in [-0.1, -0.05) is 42.5 Å².